The molecule has 2 aromatic carbocycles. The number of hydrogen-bond donors (Lipinski definition) is 0. The molecule has 0 radical (unpaired) electrons. The van der Waals surface area contributed by atoms with Crippen LogP contribution in [0.2, 0.25) is 5.02 Å². The van der Waals surface area contributed by atoms with Gasteiger partial charge in [0.2, 0.25) is 0 Å². The van der Waals surface area contributed by atoms with E-state index in [1.165, 1.54) is 13.2 Å². The standard InChI is InChI=1S/C19H20ClF3N2O2/c1-5-25(3)11-24-16-10-17(26-4)18(6-12(16)2)27-15-8-13(19(21,22)23)7-14(20)9-15/h6-11H,5H2,1-4H3/b24-11+. The molecule has 0 bridgehead atoms. The maximum atomic E-state index is 13.0. The largest absolute Gasteiger partial charge is 0.493 e. The maximum absolute atomic E-state index is 13.0. The van der Waals surface area contributed by atoms with Gasteiger partial charge in [-0.2, -0.15) is 13.2 Å². The fraction of sp³-hybridized carbons (Fsp3) is 0.316. The van der Waals surface area contributed by atoms with Crippen LogP contribution in [0, 0.1) is 6.92 Å². The molecule has 2 rings (SSSR count). The average molecular weight is 401 g/mol. The minimum atomic E-state index is -4.52. The molecular weight excluding hydrogens is 381 g/mol. The van der Waals surface area contributed by atoms with E-state index in [1.54, 1.807) is 18.5 Å². The van der Waals surface area contributed by atoms with Crippen molar-refractivity contribution in [2.45, 2.75) is 20.0 Å². The first-order valence-corrected chi connectivity index (χ1v) is 8.50. The Morgan fingerprint density at radius 1 is 1.15 bits per heavy atom. The number of rotatable bonds is 6. The lowest BCUT2D eigenvalue weighted by atomic mass is 10.1. The SMILES string of the molecule is CCN(C)/C=N/c1cc(OC)c(Oc2cc(Cl)cc(C(F)(F)F)c2)cc1C. The summed E-state index contributed by atoms with van der Waals surface area (Å²) < 4.78 is 49.8. The third-order valence-corrected chi connectivity index (χ3v) is 4.02. The number of hydrogen-bond acceptors (Lipinski definition) is 3. The summed E-state index contributed by atoms with van der Waals surface area (Å²) in [6, 6.07) is 6.38. The van der Waals surface area contributed by atoms with Gasteiger partial charge >= 0.3 is 6.18 Å². The Balaban J connectivity index is 2.38. The molecule has 27 heavy (non-hydrogen) atoms. The molecule has 8 heteroatoms. The van der Waals surface area contributed by atoms with Crippen molar-refractivity contribution < 1.29 is 22.6 Å². The third kappa shape index (κ3) is 5.53. The van der Waals surface area contributed by atoms with Crippen LogP contribution in [0.25, 0.3) is 0 Å². The van der Waals surface area contributed by atoms with Crippen LogP contribution in [0.3, 0.4) is 0 Å². The lowest BCUT2D eigenvalue weighted by Crippen LogP contribution is -2.14. The summed E-state index contributed by atoms with van der Waals surface area (Å²) in [6.07, 6.45) is -2.83. The van der Waals surface area contributed by atoms with Gasteiger partial charge in [0.1, 0.15) is 5.75 Å². The normalized spacial score (nSPS) is 11.7. The van der Waals surface area contributed by atoms with E-state index < -0.39 is 11.7 Å². The van der Waals surface area contributed by atoms with E-state index in [-0.39, 0.29) is 16.5 Å². The highest BCUT2D eigenvalue weighted by atomic mass is 35.5. The lowest BCUT2D eigenvalue weighted by molar-refractivity contribution is -0.137. The Bertz CT molecular complexity index is 838. The predicted molar refractivity (Wildman–Crippen MR) is 101 cm³/mol. The molecule has 0 N–H and O–H groups in total. The molecule has 0 amide bonds. The molecule has 0 saturated carbocycles. The van der Waals surface area contributed by atoms with Gasteiger partial charge in [-0.1, -0.05) is 11.6 Å². The van der Waals surface area contributed by atoms with Gasteiger partial charge in [-0.25, -0.2) is 4.99 Å². The number of ether oxygens (including phenoxy) is 2. The van der Waals surface area contributed by atoms with Crippen LogP contribution >= 0.6 is 11.6 Å². The zero-order valence-electron chi connectivity index (χ0n) is 15.4. The first-order chi connectivity index (χ1) is 12.6. The Morgan fingerprint density at radius 2 is 1.85 bits per heavy atom. The van der Waals surface area contributed by atoms with E-state index in [0.717, 1.165) is 24.2 Å². The molecule has 0 aromatic heterocycles. The molecule has 0 aliphatic heterocycles. The fourth-order valence-corrected chi connectivity index (χ4v) is 2.41. The Labute approximate surface area is 161 Å². The number of alkyl halides is 3. The molecule has 0 unspecified atom stereocenters. The molecule has 2 aromatic rings. The van der Waals surface area contributed by atoms with Crippen molar-refractivity contribution in [1.82, 2.24) is 4.90 Å². The number of methoxy groups -OCH3 is 1. The van der Waals surface area contributed by atoms with Crippen LogP contribution in [-0.2, 0) is 6.18 Å². The topological polar surface area (TPSA) is 34.1 Å². The van der Waals surface area contributed by atoms with E-state index in [1.807, 2.05) is 25.8 Å². The Hall–Kier alpha value is -2.41. The average Bonchev–Trinajstić information content (AvgIpc) is 2.59. The second-order valence-corrected chi connectivity index (χ2v) is 6.32. The van der Waals surface area contributed by atoms with E-state index in [0.29, 0.717) is 11.4 Å². The highest BCUT2D eigenvalue weighted by molar-refractivity contribution is 6.30. The molecule has 0 spiro atoms. The second-order valence-electron chi connectivity index (χ2n) is 5.88. The maximum Gasteiger partial charge on any atom is 0.416 e. The van der Waals surface area contributed by atoms with E-state index >= 15 is 0 Å². The smallest absolute Gasteiger partial charge is 0.416 e. The molecule has 0 atom stereocenters. The van der Waals surface area contributed by atoms with Crippen LogP contribution < -0.4 is 9.47 Å². The van der Waals surface area contributed by atoms with Gasteiger partial charge in [-0.3, -0.25) is 0 Å². The lowest BCUT2D eigenvalue weighted by Gasteiger charge is -2.15. The van der Waals surface area contributed by atoms with Crippen molar-refractivity contribution in [1.29, 1.82) is 0 Å². The molecule has 146 valence electrons. The highest BCUT2D eigenvalue weighted by Crippen LogP contribution is 2.40. The number of benzene rings is 2. The summed E-state index contributed by atoms with van der Waals surface area (Å²) >= 11 is 5.80. The van der Waals surface area contributed by atoms with E-state index in [2.05, 4.69) is 4.99 Å². The third-order valence-electron chi connectivity index (χ3n) is 3.80. The van der Waals surface area contributed by atoms with E-state index in [4.69, 9.17) is 21.1 Å². The number of aliphatic imine (C=N–C) groups is 1. The van der Waals surface area contributed by atoms with Crippen molar-refractivity contribution in [2.75, 3.05) is 20.7 Å². The number of nitrogens with zero attached hydrogens (tertiary/aromatic N) is 2. The summed E-state index contributed by atoms with van der Waals surface area (Å²) in [5.41, 5.74) is 0.565. The van der Waals surface area contributed by atoms with Gasteiger partial charge in [-0.05, 0) is 43.7 Å². The van der Waals surface area contributed by atoms with Gasteiger partial charge in [0, 0.05) is 24.7 Å². The van der Waals surface area contributed by atoms with Crippen molar-refractivity contribution >= 4 is 23.6 Å². The molecule has 4 nitrogen and oxygen atoms in total. The van der Waals surface area contributed by atoms with Gasteiger partial charge in [0.25, 0.3) is 0 Å². The highest BCUT2D eigenvalue weighted by Gasteiger charge is 2.31. The molecular formula is C19H20ClF3N2O2. The predicted octanol–water partition coefficient (Wildman–Crippen LogP) is 6.08. The zero-order chi connectivity index (χ0) is 20.2. The summed E-state index contributed by atoms with van der Waals surface area (Å²) in [5, 5.41) is -0.0701. The molecule has 0 aliphatic carbocycles. The molecule has 0 aliphatic rings. The first kappa shape index (κ1) is 20.9. The molecule has 0 heterocycles. The van der Waals surface area contributed by atoms with E-state index in [9.17, 15) is 13.2 Å². The molecule has 0 saturated heterocycles. The summed E-state index contributed by atoms with van der Waals surface area (Å²) in [5.74, 6) is 0.586. The van der Waals surface area contributed by atoms with Gasteiger partial charge in [-0.15, -0.1) is 0 Å². The first-order valence-electron chi connectivity index (χ1n) is 8.12. The Kier molecular flexibility index (Phi) is 6.59. The monoisotopic (exact) mass is 400 g/mol. The second kappa shape index (κ2) is 8.52. The quantitative estimate of drug-likeness (QED) is 0.435. The fourth-order valence-electron chi connectivity index (χ4n) is 2.18. The van der Waals surface area contributed by atoms with Crippen LogP contribution in [0.15, 0.2) is 35.3 Å². The van der Waals surface area contributed by atoms with Gasteiger partial charge < -0.3 is 14.4 Å². The number of halogens is 4. The van der Waals surface area contributed by atoms with Gasteiger partial charge in [0.15, 0.2) is 11.5 Å². The van der Waals surface area contributed by atoms with Crippen LogP contribution in [0.1, 0.15) is 18.1 Å². The minimum Gasteiger partial charge on any atom is -0.493 e. The van der Waals surface area contributed by atoms with Crippen molar-refractivity contribution in [2.24, 2.45) is 4.99 Å². The van der Waals surface area contributed by atoms with Crippen LogP contribution in [0.4, 0.5) is 18.9 Å². The summed E-state index contributed by atoms with van der Waals surface area (Å²) in [4.78, 5) is 6.29. The minimum absolute atomic E-state index is 0.0329. The molecule has 0 fully saturated rings. The van der Waals surface area contributed by atoms with Gasteiger partial charge in [0.05, 0.1) is 24.7 Å². The summed E-state index contributed by atoms with van der Waals surface area (Å²) in [7, 11) is 3.34. The van der Waals surface area contributed by atoms with Crippen molar-refractivity contribution in [3.8, 4) is 17.2 Å². The Morgan fingerprint density at radius 3 is 2.44 bits per heavy atom. The van der Waals surface area contributed by atoms with Crippen molar-refractivity contribution in [3.63, 3.8) is 0 Å². The summed E-state index contributed by atoms with van der Waals surface area (Å²) in [6.45, 7) is 4.62. The zero-order valence-corrected chi connectivity index (χ0v) is 16.1. The van der Waals surface area contributed by atoms with Crippen LogP contribution in [0.5, 0.6) is 17.2 Å². The van der Waals surface area contributed by atoms with Crippen LogP contribution in [-0.4, -0.2) is 31.9 Å². The number of aryl methyl sites for hydroxylation is 1. The van der Waals surface area contributed by atoms with Crippen molar-refractivity contribution in [3.05, 3.63) is 46.5 Å².